The predicted molar refractivity (Wildman–Crippen MR) is 60.2 cm³/mol. The molecule has 2 rings (SSSR count). The summed E-state index contributed by atoms with van der Waals surface area (Å²) < 4.78 is 5.89. The molecule has 0 saturated carbocycles. The molecule has 0 saturated heterocycles. The SMILES string of the molecule is CC(O)C1CC(C)(C)Oc2ccccc21. The van der Waals surface area contributed by atoms with Crippen LogP contribution in [0.2, 0.25) is 0 Å². The molecule has 1 aliphatic heterocycles. The van der Waals surface area contributed by atoms with Crippen LogP contribution in [0.4, 0.5) is 0 Å². The topological polar surface area (TPSA) is 29.5 Å². The first-order chi connectivity index (χ1) is 6.99. The van der Waals surface area contributed by atoms with E-state index in [2.05, 4.69) is 13.8 Å². The summed E-state index contributed by atoms with van der Waals surface area (Å²) in [6, 6.07) is 7.99. The van der Waals surface area contributed by atoms with Crippen molar-refractivity contribution >= 4 is 0 Å². The number of ether oxygens (including phenoxy) is 1. The third-order valence-corrected chi connectivity index (χ3v) is 3.00. The molecule has 2 nitrogen and oxygen atoms in total. The normalized spacial score (nSPS) is 25.2. The number of rotatable bonds is 1. The van der Waals surface area contributed by atoms with E-state index in [1.165, 1.54) is 0 Å². The van der Waals surface area contributed by atoms with Crippen molar-refractivity contribution in [3.63, 3.8) is 0 Å². The maximum absolute atomic E-state index is 9.80. The quantitative estimate of drug-likeness (QED) is 0.765. The summed E-state index contributed by atoms with van der Waals surface area (Å²) in [6.45, 7) is 5.99. The van der Waals surface area contributed by atoms with Gasteiger partial charge in [0, 0.05) is 5.92 Å². The van der Waals surface area contributed by atoms with E-state index in [-0.39, 0.29) is 17.6 Å². The van der Waals surface area contributed by atoms with Crippen LogP contribution in [0.3, 0.4) is 0 Å². The Morgan fingerprint density at radius 3 is 2.73 bits per heavy atom. The van der Waals surface area contributed by atoms with Gasteiger partial charge >= 0.3 is 0 Å². The summed E-state index contributed by atoms with van der Waals surface area (Å²) >= 11 is 0. The number of hydrogen-bond acceptors (Lipinski definition) is 2. The number of benzene rings is 1. The Kier molecular flexibility index (Phi) is 2.47. The zero-order chi connectivity index (χ0) is 11.1. The molecule has 15 heavy (non-hydrogen) atoms. The third-order valence-electron chi connectivity index (χ3n) is 3.00. The van der Waals surface area contributed by atoms with Crippen LogP contribution >= 0.6 is 0 Å². The number of aliphatic hydroxyl groups excluding tert-OH is 1. The average molecular weight is 206 g/mol. The number of aliphatic hydroxyl groups is 1. The fourth-order valence-corrected chi connectivity index (χ4v) is 2.29. The van der Waals surface area contributed by atoms with Crippen molar-refractivity contribution in [3.05, 3.63) is 29.8 Å². The Hall–Kier alpha value is -1.02. The molecular weight excluding hydrogens is 188 g/mol. The summed E-state index contributed by atoms with van der Waals surface area (Å²) in [5.41, 5.74) is 0.947. The molecule has 2 heteroatoms. The minimum Gasteiger partial charge on any atom is -0.488 e. The van der Waals surface area contributed by atoms with Crippen LogP contribution in [0, 0.1) is 0 Å². The van der Waals surface area contributed by atoms with Crippen molar-refractivity contribution in [2.24, 2.45) is 0 Å². The molecule has 0 amide bonds. The molecule has 1 aromatic rings. The van der Waals surface area contributed by atoms with Crippen molar-refractivity contribution in [1.29, 1.82) is 0 Å². The van der Waals surface area contributed by atoms with E-state index in [0.29, 0.717) is 0 Å². The smallest absolute Gasteiger partial charge is 0.123 e. The second kappa shape index (κ2) is 3.53. The minimum absolute atomic E-state index is 0.185. The first kappa shape index (κ1) is 10.5. The van der Waals surface area contributed by atoms with Crippen LogP contribution in [-0.4, -0.2) is 16.8 Å². The van der Waals surface area contributed by atoms with Crippen LogP contribution in [0.25, 0.3) is 0 Å². The lowest BCUT2D eigenvalue weighted by molar-refractivity contribution is 0.0395. The molecule has 1 heterocycles. The second-order valence-corrected chi connectivity index (χ2v) is 4.95. The zero-order valence-electron chi connectivity index (χ0n) is 9.53. The first-order valence-corrected chi connectivity index (χ1v) is 5.45. The number of fused-ring (bicyclic) bond motifs is 1. The van der Waals surface area contributed by atoms with Crippen LogP contribution in [0.5, 0.6) is 5.75 Å². The lowest BCUT2D eigenvalue weighted by Gasteiger charge is -2.38. The number of para-hydroxylation sites is 1. The second-order valence-electron chi connectivity index (χ2n) is 4.95. The first-order valence-electron chi connectivity index (χ1n) is 5.45. The molecule has 0 fully saturated rings. The maximum atomic E-state index is 9.80. The standard InChI is InChI=1S/C13H18O2/c1-9(14)11-8-13(2,3)15-12-7-5-4-6-10(11)12/h4-7,9,11,14H,8H2,1-3H3. The van der Waals surface area contributed by atoms with E-state index in [1.54, 1.807) is 0 Å². The Labute approximate surface area is 90.9 Å². The molecule has 1 aromatic carbocycles. The van der Waals surface area contributed by atoms with Gasteiger partial charge in [-0.2, -0.15) is 0 Å². The molecule has 2 atom stereocenters. The van der Waals surface area contributed by atoms with E-state index in [9.17, 15) is 5.11 Å². The van der Waals surface area contributed by atoms with E-state index in [1.807, 2.05) is 31.2 Å². The lowest BCUT2D eigenvalue weighted by atomic mass is 9.81. The molecule has 1 N–H and O–H groups in total. The van der Waals surface area contributed by atoms with Crippen molar-refractivity contribution in [2.75, 3.05) is 0 Å². The largest absolute Gasteiger partial charge is 0.488 e. The average Bonchev–Trinajstić information content (AvgIpc) is 2.14. The van der Waals surface area contributed by atoms with Gasteiger partial charge in [-0.1, -0.05) is 18.2 Å². The zero-order valence-corrected chi connectivity index (χ0v) is 9.53. The highest BCUT2D eigenvalue weighted by molar-refractivity contribution is 5.39. The Bertz CT molecular complexity index is 355. The van der Waals surface area contributed by atoms with Gasteiger partial charge in [-0.3, -0.25) is 0 Å². The van der Waals surface area contributed by atoms with Crippen molar-refractivity contribution in [3.8, 4) is 5.75 Å². The predicted octanol–water partition coefficient (Wildman–Crippen LogP) is 2.71. The minimum atomic E-state index is -0.325. The molecular formula is C13H18O2. The van der Waals surface area contributed by atoms with Crippen molar-refractivity contribution < 1.29 is 9.84 Å². The van der Waals surface area contributed by atoms with Gasteiger partial charge in [-0.15, -0.1) is 0 Å². The van der Waals surface area contributed by atoms with Gasteiger partial charge in [0.25, 0.3) is 0 Å². The summed E-state index contributed by atoms with van der Waals surface area (Å²) in [6.07, 6.45) is 0.538. The Balaban J connectivity index is 2.43. The molecule has 0 bridgehead atoms. The molecule has 82 valence electrons. The monoisotopic (exact) mass is 206 g/mol. The van der Waals surface area contributed by atoms with E-state index in [0.717, 1.165) is 17.7 Å². The highest BCUT2D eigenvalue weighted by Gasteiger charge is 2.35. The van der Waals surface area contributed by atoms with Crippen LogP contribution in [-0.2, 0) is 0 Å². The highest BCUT2D eigenvalue weighted by atomic mass is 16.5. The molecule has 0 aliphatic carbocycles. The maximum Gasteiger partial charge on any atom is 0.123 e. The lowest BCUT2D eigenvalue weighted by Crippen LogP contribution is -2.37. The van der Waals surface area contributed by atoms with Crippen LogP contribution in [0.1, 0.15) is 38.7 Å². The van der Waals surface area contributed by atoms with Gasteiger partial charge in [0.05, 0.1) is 6.10 Å². The van der Waals surface area contributed by atoms with E-state index < -0.39 is 0 Å². The van der Waals surface area contributed by atoms with Gasteiger partial charge in [-0.25, -0.2) is 0 Å². The summed E-state index contributed by atoms with van der Waals surface area (Å²) in [4.78, 5) is 0. The van der Waals surface area contributed by atoms with E-state index in [4.69, 9.17) is 4.74 Å². The fraction of sp³-hybridized carbons (Fsp3) is 0.538. The van der Waals surface area contributed by atoms with Crippen LogP contribution < -0.4 is 4.74 Å². The molecule has 0 aromatic heterocycles. The van der Waals surface area contributed by atoms with Crippen molar-refractivity contribution in [2.45, 2.75) is 44.8 Å². The summed E-state index contributed by atoms with van der Waals surface area (Å²) in [7, 11) is 0. The van der Waals surface area contributed by atoms with Gasteiger partial charge in [0.2, 0.25) is 0 Å². The summed E-state index contributed by atoms with van der Waals surface area (Å²) in [5, 5.41) is 9.80. The molecule has 0 spiro atoms. The fourth-order valence-electron chi connectivity index (χ4n) is 2.29. The molecule has 1 aliphatic rings. The third kappa shape index (κ3) is 2.00. The van der Waals surface area contributed by atoms with Gasteiger partial charge < -0.3 is 9.84 Å². The molecule has 0 radical (unpaired) electrons. The Morgan fingerprint density at radius 2 is 2.07 bits per heavy atom. The van der Waals surface area contributed by atoms with Crippen LogP contribution in [0.15, 0.2) is 24.3 Å². The highest BCUT2D eigenvalue weighted by Crippen LogP contribution is 2.41. The summed E-state index contributed by atoms with van der Waals surface area (Å²) in [5.74, 6) is 1.10. The Morgan fingerprint density at radius 1 is 1.40 bits per heavy atom. The van der Waals surface area contributed by atoms with Crippen molar-refractivity contribution in [1.82, 2.24) is 0 Å². The van der Waals surface area contributed by atoms with Gasteiger partial charge in [-0.05, 0) is 38.8 Å². The molecule has 2 unspecified atom stereocenters. The number of hydrogen-bond donors (Lipinski definition) is 1. The van der Waals surface area contributed by atoms with Gasteiger partial charge in [0.15, 0.2) is 0 Å². The van der Waals surface area contributed by atoms with Gasteiger partial charge in [0.1, 0.15) is 11.4 Å². The van der Waals surface area contributed by atoms with E-state index >= 15 is 0 Å².